The van der Waals surface area contributed by atoms with Crippen LogP contribution in [0.4, 0.5) is 11.5 Å². The lowest BCUT2D eigenvalue weighted by Gasteiger charge is -2.12. The van der Waals surface area contributed by atoms with E-state index in [1.165, 1.54) is 13.0 Å². The van der Waals surface area contributed by atoms with Gasteiger partial charge in [0.05, 0.1) is 23.6 Å². The SMILES string of the molecule is Cc1nc(N=Nc2cccc(Cl)c2)c(COP(=O)(O)O)c(C=O)c1O. The lowest BCUT2D eigenvalue weighted by atomic mass is 10.1. The van der Waals surface area contributed by atoms with Gasteiger partial charge in [-0.05, 0) is 25.1 Å². The summed E-state index contributed by atoms with van der Waals surface area (Å²) in [5, 5.41) is 18.2. The van der Waals surface area contributed by atoms with E-state index in [1.807, 2.05) is 0 Å². The van der Waals surface area contributed by atoms with Gasteiger partial charge in [-0.2, -0.15) is 0 Å². The van der Waals surface area contributed by atoms with Crippen molar-refractivity contribution in [1.82, 2.24) is 4.98 Å². The van der Waals surface area contributed by atoms with E-state index in [4.69, 9.17) is 21.4 Å². The van der Waals surface area contributed by atoms with Gasteiger partial charge in [0, 0.05) is 10.6 Å². The summed E-state index contributed by atoms with van der Waals surface area (Å²) in [6, 6.07) is 6.45. The summed E-state index contributed by atoms with van der Waals surface area (Å²) in [5.74, 6) is -0.549. The molecule has 132 valence electrons. The molecular weight excluding hydrogens is 373 g/mol. The second-order valence-corrected chi connectivity index (χ2v) is 6.50. The highest BCUT2D eigenvalue weighted by atomic mass is 35.5. The second-order valence-electron chi connectivity index (χ2n) is 4.82. The van der Waals surface area contributed by atoms with Gasteiger partial charge >= 0.3 is 7.82 Å². The minimum Gasteiger partial charge on any atom is -0.505 e. The zero-order valence-electron chi connectivity index (χ0n) is 12.8. The fraction of sp³-hybridized carbons (Fsp3) is 0.143. The molecule has 0 aliphatic carbocycles. The maximum atomic E-state index is 11.3. The van der Waals surface area contributed by atoms with E-state index in [0.29, 0.717) is 17.0 Å². The number of phosphoric ester groups is 1. The van der Waals surface area contributed by atoms with Crippen molar-refractivity contribution in [2.45, 2.75) is 13.5 Å². The Bertz CT molecular complexity index is 883. The summed E-state index contributed by atoms with van der Waals surface area (Å²) in [5.41, 5.74) is 0.157. The highest BCUT2D eigenvalue weighted by molar-refractivity contribution is 7.46. The molecule has 1 heterocycles. The van der Waals surface area contributed by atoms with E-state index >= 15 is 0 Å². The molecule has 1 aromatic heterocycles. The van der Waals surface area contributed by atoms with E-state index in [1.54, 1.807) is 18.2 Å². The molecule has 1 aromatic carbocycles. The fourth-order valence-corrected chi connectivity index (χ4v) is 2.36. The summed E-state index contributed by atoms with van der Waals surface area (Å²) in [6.45, 7) is 0.747. The third kappa shape index (κ3) is 5.15. The molecule has 0 atom stereocenters. The predicted octanol–water partition coefficient (Wildman–Crippen LogP) is 3.59. The van der Waals surface area contributed by atoms with Crippen LogP contribution in [-0.2, 0) is 15.7 Å². The molecule has 2 aromatic rings. The van der Waals surface area contributed by atoms with Crippen LogP contribution in [0, 0.1) is 6.92 Å². The lowest BCUT2D eigenvalue weighted by molar-refractivity contribution is 0.111. The average Bonchev–Trinajstić information content (AvgIpc) is 2.53. The van der Waals surface area contributed by atoms with Crippen LogP contribution in [0.25, 0.3) is 0 Å². The van der Waals surface area contributed by atoms with Crippen molar-refractivity contribution in [3.05, 3.63) is 46.1 Å². The van der Waals surface area contributed by atoms with E-state index in [2.05, 4.69) is 19.7 Å². The Morgan fingerprint density at radius 2 is 2.08 bits per heavy atom. The van der Waals surface area contributed by atoms with Gasteiger partial charge in [0.2, 0.25) is 0 Å². The largest absolute Gasteiger partial charge is 0.505 e. The van der Waals surface area contributed by atoms with E-state index in [-0.39, 0.29) is 22.6 Å². The Balaban J connectivity index is 2.49. The van der Waals surface area contributed by atoms with Gasteiger partial charge in [-0.25, -0.2) is 9.55 Å². The van der Waals surface area contributed by atoms with Crippen LogP contribution in [0.15, 0.2) is 34.5 Å². The predicted molar refractivity (Wildman–Crippen MR) is 88.5 cm³/mol. The molecule has 0 aliphatic rings. The maximum absolute atomic E-state index is 11.3. The number of rotatable bonds is 6. The number of benzene rings is 1. The first-order valence-corrected chi connectivity index (χ1v) is 8.67. The zero-order chi connectivity index (χ0) is 18.6. The van der Waals surface area contributed by atoms with Crippen molar-refractivity contribution < 1.29 is 28.8 Å². The third-order valence-electron chi connectivity index (χ3n) is 3.03. The molecule has 0 amide bonds. The normalized spacial score (nSPS) is 11.8. The lowest BCUT2D eigenvalue weighted by Crippen LogP contribution is -2.01. The molecule has 0 radical (unpaired) electrons. The van der Waals surface area contributed by atoms with Crippen LogP contribution >= 0.6 is 19.4 Å². The maximum Gasteiger partial charge on any atom is 0.469 e. The number of azo groups is 1. The van der Waals surface area contributed by atoms with Crippen molar-refractivity contribution in [3.8, 4) is 5.75 Å². The van der Waals surface area contributed by atoms with E-state index < -0.39 is 20.2 Å². The first kappa shape index (κ1) is 19.2. The number of hydrogen-bond donors (Lipinski definition) is 3. The first-order valence-electron chi connectivity index (χ1n) is 6.76. The van der Waals surface area contributed by atoms with E-state index in [0.717, 1.165) is 0 Å². The minimum atomic E-state index is -4.81. The van der Waals surface area contributed by atoms with Gasteiger partial charge in [0.1, 0.15) is 5.75 Å². The second kappa shape index (κ2) is 7.81. The van der Waals surface area contributed by atoms with Gasteiger partial charge in [-0.1, -0.05) is 17.7 Å². The van der Waals surface area contributed by atoms with Gasteiger partial charge < -0.3 is 14.9 Å². The molecule has 0 bridgehead atoms. The number of carbonyl (C=O) groups excluding carboxylic acids is 1. The van der Waals surface area contributed by atoms with Crippen LogP contribution in [0.5, 0.6) is 5.75 Å². The van der Waals surface area contributed by atoms with Crippen LogP contribution in [0.2, 0.25) is 5.02 Å². The first-order chi connectivity index (χ1) is 11.7. The molecule has 3 N–H and O–H groups in total. The molecule has 0 unspecified atom stereocenters. The number of aromatic hydroxyl groups is 1. The molecule has 0 aliphatic heterocycles. The van der Waals surface area contributed by atoms with Gasteiger partial charge in [0.15, 0.2) is 12.1 Å². The minimum absolute atomic E-state index is 0.0991. The Morgan fingerprint density at radius 1 is 1.36 bits per heavy atom. The average molecular weight is 386 g/mol. The Hall–Kier alpha value is -2.16. The quantitative estimate of drug-likeness (QED) is 0.392. The topological polar surface area (TPSA) is 142 Å². The summed E-state index contributed by atoms with van der Waals surface area (Å²) >= 11 is 5.85. The molecule has 9 nitrogen and oxygen atoms in total. The summed E-state index contributed by atoms with van der Waals surface area (Å²) < 4.78 is 15.3. The van der Waals surface area contributed by atoms with Crippen LogP contribution in [0.3, 0.4) is 0 Å². The summed E-state index contributed by atoms with van der Waals surface area (Å²) in [4.78, 5) is 32.9. The Morgan fingerprint density at radius 3 is 2.68 bits per heavy atom. The van der Waals surface area contributed by atoms with Gasteiger partial charge in [-0.15, -0.1) is 10.2 Å². The van der Waals surface area contributed by atoms with Crippen LogP contribution in [-0.4, -0.2) is 26.2 Å². The van der Waals surface area contributed by atoms with Crippen LogP contribution in [0.1, 0.15) is 21.6 Å². The molecule has 0 fully saturated rings. The van der Waals surface area contributed by atoms with E-state index in [9.17, 15) is 14.5 Å². The van der Waals surface area contributed by atoms with Crippen molar-refractivity contribution in [1.29, 1.82) is 0 Å². The number of aryl methyl sites for hydroxylation is 1. The number of hydrogen-bond acceptors (Lipinski definition) is 7. The number of carbonyl (C=O) groups is 1. The summed E-state index contributed by atoms with van der Waals surface area (Å²) in [6.07, 6.45) is 0.320. The fourth-order valence-electron chi connectivity index (χ4n) is 1.88. The Kier molecular flexibility index (Phi) is 5.99. The van der Waals surface area contributed by atoms with Gasteiger partial charge in [0.25, 0.3) is 0 Å². The molecule has 0 saturated heterocycles. The molecular formula is C14H13ClN3O6P. The number of aldehydes is 1. The van der Waals surface area contributed by atoms with Crippen molar-refractivity contribution >= 4 is 37.2 Å². The van der Waals surface area contributed by atoms with Crippen molar-refractivity contribution in [3.63, 3.8) is 0 Å². The number of aromatic nitrogens is 1. The highest BCUT2D eigenvalue weighted by Gasteiger charge is 2.21. The Labute approximate surface area is 147 Å². The third-order valence-corrected chi connectivity index (χ3v) is 3.73. The zero-order valence-corrected chi connectivity index (χ0v) is 14.5. The molecule has 11 heteroatoms. The number of nitrogens with zero attached hydrogens (tertiary/aromatic N) is 3. The molecule has 0 saturated carbocycles. The number of phosphoric acid groups is 1. The van der Waals surface area contributed by atoms with Crippen LogP contribution < -0.4 is 0 Å². The molecule has 2 rings (SSSR count). The van der Waals surface area contributed by atoms with Gasteiger partial charge in [-0.3, -0.25) is 9.32 Å². The van der Waals surface area contributed by atoms with Crippen molar-refractivity contribution in [2.75, 3.05) is 0 Å². The molecule has 0 spiro atoms. The monoisotopic (exact) mass is 385 g/mol. The number of pyridine rings is 1. The van der Waals surface area contributed by atoms with Crippen molar-refractivity contribution in [2.24, 2.45) is 10.2 Å². The standard InChI is InChI=1S/C14H13ClN3O6P/c1-8-13(20)11(6-19)12(7-24-25(21,22)23)14(16-8)18-17-10-4-2-3-9(15)5-10/h2-6,20H,7H2,1H3,(H2,21,22,23). The molecule has 25 heavy (non-hydrogen) atoms. The summed E-state index contributed by atoms with van der Waals surface area (Å²) in [7, 11) is -4.81. The number of halogens is 1. The highest BCUT2D eigenvalue weighted by Crippen LogP contribution is 2.40. The smallest absolute Gasteiger partial charge is 0.469 e.